The van der Waals surface area contributed by atoms with Crippen LogP contribution in [0.15, 0.2) is 24.3 Å². The summed E-state index contributed by atoms with van der Waals surface area (Å²) in [4.78, 5) is 29.7. The normalized spacial score (nSPS) is 24.2. The molecule has 0 spiro atoms. The molecule has 0 radical (unpaired) electrons. The van der Waals surface area contributed by atoms with Gasteiger partial charge in [0.2, 0.25) is 11.8 Å². The summed E-state index contributed by atoms with van der Waals surface area (Å²) in [6, 6.07) is 8.35. The Bertz CT molecular complexity index is 643. The molecule has 2 heterocycles. The first-order valence-electron chi connectivity index (χ1n) is 9.89. The van der Waals surface area contributed by atoms with Gasteiger partial charge in [0.15, 0.2) is 0 Å². The molecule has 1 atom stereocenters. The molecule has 0 bridgehead atoms. The Morgan fingerprint density at radius 2 is 1.48 bits per heavy atom. The number of rotatable bonds is 2. The largest absolute Gasteiger partial charge is 0.342 e. The van der Waals surface area contributed by atoms with Crippen LogP contribution in [0.2, 0.25) is 0 Å². The maximum atomic E-state index is 13.0. The predicted molar refractivity (Wildman–Crippen MR) is 97.2 cm³/mol. The highest BCUT2D eigenvalue weighted by Gasteiger charge is 2.35. The van der Waals surface area contributed by atoms with Crippen molar-refractivity contribution in [3.8, 4) is 0 Å². The van der Waals surface area contributed by atoms with Gasteiger partial charge in [0.1, 0.15) is 0 Å². The summed E-state index contributed by atoms with van der Waals surface area (Å²) >= 11 is 0. The number of carbonyl (C=O) groups excluding carboxylic acids is 2. The van der Waals surface area contributed by atoms with Gasteiger partial charge in [0, 0.05) is 32.1 Å². The lowest BCUT2D eigenvalue weighted by molar-refractivity contribution is -0.142. The summed E-state index contributed by atoms with van der Waals surface area (Å²) in [5, 5.41) is 0. The number of piperidine rings is 2. The second-order valence-corrected chi connectivity index (χ2v) is 7.78. The SMILES string of the molecule is O=C(C1CCN(C(=O)[C@@H]2CCc3ccccc32)CC1)N1CCCCC1. The number of hydrogen-bond donors (Lipinski definition) is 0. The van der Waals surface area contributed by atoms with E-state index in [1.54, 1.807) is 0 Å². The van der Waals surface area contributed by atoms with Crippen molar-refractivity contribution in [2.75, 3.05) is 26.2 Å². The van der Waals surface area contributed by atoms with Crippen LogP contribution in [-0.4, -0.2) is 47.8 Å². The molecule has 2 aliphatic heterocycles. The van der Waals surface area contributed by atoms with Gasteiger partial charge in [-0.15, -0.1) is 0 Å². The second kappa shape index (κ2) is 7.19. The molecule has 0 aromatic heterocycles. The first-order valence-corrected chi connectivity index (χ1v) is 9.89. The molecular weight excluding hydrogens is 312 g/mol. The van der Waals surface area contributed by atoms with E-state index in [-0.39, 0.29) is 17.7 Å². The molecule has 2 fully saturated rings. The highest BCUT2D eigenvalue weighted by Crippen LogP contribution is 2.35. The van der Waals surface area contributed by atoms with E-state index in [0.717, 1.165) is 64.7 Å². The number of benzene rings is 1. The fourth-order valence-corrected chi connectivity index (χ4v) is 4.75. The smallest absolute Gasteiger partial charge is 0.230 e. The Labute approximate surface area is 150 Å². The number of fused-ring (bicyclic) bond motifs is 1. The Morgan fingerprint density at radius 3 is 2.24 bits per heavy atom. The summed E-state index contributed by atoms with van der Waals surface area (Å²) in [5.74, 6) is 0.760. The topological polar surface area (TPSA) is 40.6 Å². The van der Waals surface area contributed by atoms with Crippen molar-refractivity contribution < 1.29 is 9.59 Å². The fraction of sp³-hybridized carbons (Fsp3) is 0.619. The number of nitrogens with zero attached hydrogens (tertiary/aromatic N) is 2. The van der Waals surface area contributed by atoms with E-state index in [1.165, 1.54) is 17.5 Å². The Balaban J connectivity index is 1.34. The number of likely N-dealkylation sites (tertiary alicyclic amines) is 2. The Morgan fingerprint density at radius 1 is 0.800 bits per heavy atom. The van der Waals surface area contributed by atoms with Gasteiger partial charge < -0.3 is 9.80 Å². The van der Waals surface area contributed by atoms with Crippen LogP contribution in [-0.2, 0) is 16.0 Å². The van der Waals surface area contributed by atoms with E-state index >= 15 is 0 Å². The van der Waals surface area contributed by atoms with E-state index in [1.807, 2.05) is 11.0 Å². The lowest BCUT2D eigenvalue weighted by Gasteiger charge is -2.36. The second-order valence-electron chi connectivity index (χ2n) is 7.78. The van der Waals surface area contributed by atoms with Crippen molar-refractivity contribution >= 4 is 11.8 Å². The zero-order chi connectivity index (χ0) is 17.2. The molecule has 2 saturated heterocycles. The minimum atomic E-state index is 0.0329. The third-order valence-electron chi connectivity index (χ3n) is 6.25. The summed E-state index contributed by atoms with van der Waals surface area (Å²) in [6.45, 7) is 3.33. The molecule has 3 aliphatic rings. The van der Waals surface area contributed by atoms with Gasteiger partial charge in [0.05, 0.1) is 5.92 Å². The molecule has 2 amide bonds. The van der Waals surface area contributed by atoms with E-state index in [0.29, 0.717) is 5.91 Å². The van der Waals surface area contributed by atoms with Crippen LogP contribution in [0.4, 0.5) is 0 Å². The first kappa shape index (κ1) is 16.6. The van der Waals surface area contributed by atoms with Crippen LogP contribution in [0.3, 0.4) is 0 Å². The Hall–Kier alpha value is -1.84. The van der Waals surface area contributed by atoms with E-state index < -0.39 is 0 Å². The van der Waals surface area contributed by atoms with Gasteiger partial charge in [-0.05, 0) is 56.1 Å². The number of carbonyl (C=O) groups is 2. The molecule has 4 rings (SSSR count). The summed E-state index contributed by atoms with van der Waals surface area (Å²) in [6.07, 6.45) is 7.14. The number of hydrogen-bond acceptors (Lipinski definition) is 2. The average Bonchev–Trinajstić information content (AvgIpc) is 3.12. The molecule has 0 saturated carbocycles. The number of aryl methyl sites for hydroxylation is 1. The van der Waals surface area contributed by atoms with Crippen LogP contribution in [0, 0.1) is 5.92 Å². The minimum absolute atomic E-state index is 0.0329. The van der Waals surface area contributed by atoms with E-state index in [4.69, 9.17) is 0 Å². The third kappa shape index (κ3) is 3.31. The molecule has 134 valence electrons. The molecule has 4 heteroatoms. The summed E-state index contributed by atoms with van der Waals surface area (Å²) in [5.41, 5.74) is 2.55. The van der Waals surface area contributed by atoms with Crippen LogP contribution < -0.4 is 0 Å². The average molecular weight is 340 g/mol. The standard InChI is InChI=1S/C21H28N2O2/c24-20(22-12-4-1-5-13-22)17-10-14-23(15-11-17)21(25)19-9-8-16-6-2-3-7-18(16)19/h2-3,6-7,17,19H,1,4-5,8-15H2/t19-/m1/s1. The third-order valence-corrected chi connectivity index (χ3v) is 6.25. The zero-order valence-electron chi connectivity index (χ0n) is 15.0. The van der Waals surface area contributed by atoms with Crippen LogP contribution >= 0.6 is 0 Å². The lowest BCUT2D eigenvalue weighted by Crippen LogP contribution is -2.46. The molecule has 25 heavy (non-hydrogen) atoms. The monoisotopic (exact) mass is 340 g/mol. The van der Waals surface area contributed by atoms with Crippen LogP contribution in [0.1, 0.15) is 55.6 Å². The van der Waals surface area contributed by atoms with Crippen LogP contribution in [0.25, 0.3) is 0 Å². The molecule has 1 aromatic carbocycles. The van der Waals surface area contributed by atoms with Gasteiger partial charge in [0.25, 0.3) is 0 Å². The number of amides is 2. The Kier molecular flexibility index (Phi) is 4.78. The van der Waals surface area contributed by atoms with Crippen molar-refractivity contribution in [1.82, 2.24) is 9.80 Å². The molecule has 0 N–H and O–H groups in total. The quantitative estimate of drug-likeness (QED) is 0.830. The van der Waals surface area contributed by atoms with Gasteiger partial charge in [-0.3, -0.25) is 9.59 Å². The maximum Gasteiger partial charge on any atom is 0.230 e. The van der Waals surface area contributed by atoms with Crippen molar-refractivity contribution in [1.29, 1.82) is 0 Å². The lowest BCUT2D eigenvalue weighted by atomic mass is 9.92. The van der Waals surface area contributed by atoms with Crippen molar-refractivity contribution in [3.63, 3.8) is 0 Å². The minimum Gasteiger partial charge on any atom is -0.342 e. The summed E-state index contributed by atoms with van der Waals surface area (Å²) < 4.78 is 0. The highest BCUT2D eigenvalue weighted by molar-refractivity contribution is 5.85. The first-order chi connectivity index (χ1) is 12.2. The molecule has 0 unspecified atom stereocenters. The van der Waals surface area contributed by atoms with Crippen molar-refractivity contribution in [2.24, 2.45) is 5.92 Å². The van der Waals surface area contributed by atoms with Crippen molar-refractivity contribution in [2.45, 2.75) is 50.9 Å². The van der Waals surface area contributed by atoms with Crippen molar-refractivity contribution in [3.05, 3.63) is 35.4 Å². The van der Waals surface area contributed by atoms with Gasteiger partial charge >= 0.3 is 0 Å². The van der Waals surface area contributed by atoms with Gasteiger partial charge in [-0.25, -0.2) is 0 Å². The summed E-state index contributed by atoms with van der Waals surface area (Å²) in [7, 11) is 0. The molecule has 1 aliphatic carbocycles. The maximum absolute atomic E-state index is 13.0. The highest BCUT2D eigenvalue weighted by atomic mass is 16.2. The van der Waals surface area contributed by atoms with Gasteiger partial charge in [-0.1, -0.05) is 24.3 Å². The van der Waals surface area contributed by atoms with Crippen LogP contribution in [0.5, 0.6) is 0 Å². The van der Waals surface area contributed by atoms with E-state index in [9.17, 15) is 9.59 Å². The zero-order valence-corrected chi connectivity index (χ0v) is 15.0. The fourth-order valence-electron chi connectivity index (χ4n) is 4.75. The molecular formula is C21H28N2O2. The molecule has 1 aromatic rings. The van der Waals surface area contributed by atoms with E-state index in [2.05, 4.69) is 23.1 Å². The van der Waals surface area contributed by atoms with Gasteiger partial charge in [-0.2, -0.15) is 0 Å². The molecule has 4 nitrogen and oxygen atoms in total. The predicted octanol–water partition coefficient (Wildman–Crippen LogP) is 2.97.